The van der Waals surface area contributed by atoms with Crippen LogP contribution in [0.2, 0.25) is 0 Å². The van der Waals surface area contributed by atoms with Gasteiger partial charge in [0.15, 0.2) is 0 Å². The number of hydrogen-bond acceptors (Lipinski definition) is 2. The Morgan fingerprint density at radius 1 is 1.11 bits per heavy atom. The van der Waals surface area contributed by atoms with Crippen molar-refractivity contribution in [2.24, 2.45) is 0 Å². The lowest BCUT2D eigenvalue weighted by atomic mass is 10.0. The van der Waals surface area contributed by atoms with Gasteiger partial charge in [0.05, 0.1) is 0 Å². The SMILES string of the molecule is C=C(CCCCCCC)C(=O)SC1CCCCC1. The van der Waals surface area contributed by atoms with Gasteiger partial charge in [-0.25, -0.2) is 0 Å². The summed E-state index contributed by atoms with van der Waals surface area (Å²) in [5.41, 5.74) is 0.849. The second-order valence-electron chi connectivity index (χ2n) is 5.43. The molecular formula is C16H28OS. The smallest absolute Gasteiger partial charge is 0.215 e. The summed E-state index contributed by atoms with van der Waals surface area (Å²) in [7, 11) is 0. The summed E-state index contributed by atoms with van der Waals surface area (Å²) in [5, 5.41) is 0.834. The Morgan fingerprint density at radius 3 is 2.44 bits per heavy atom. The van der Waals surface area contributed by atoms with E-state index in [2.05, 4.69) is 13.5 Å². The summed E-state index contributed by atoms with van der Waals surface area (Å²) in [4.78, 5) is 12.0. The molecule has 0 aromatic rings. The lowest BCUT2D eigenvalue weighted by molar-refractivity contribution is -0.108. The zero-order chi connectivity index (χ0) is 13.2. The molecule has 18 heavy (non-hydrogen) atoms. The van der Waals surface area contributed by atoms with E-state index in [0.29, 0.717) is 5.25 Å². The summed E-state index contributed by atoms with van der Waals surface area (Å²) in [6.07, 6.45) is 13.6. The maximum Gasteiger partial charge on any atom is 0.215 e. The lowest BCUT2D eigenvalue weighted by Gasteiger charge is -2.20. The van der Waals surface area contributed by atoms with Crippen LogP contribution in [0, 0.1) is 0 Å². The van der Waals surface area contributed by atoms with Gasteiger partial charge >= 0.3 is 0 Å². The molecule has 0 aliphatic heterocycles. The highest BCUT2D eigenvalue weighted by molar-refractivity contribution is 8.14. The van der Waals surface area contributed by atoms with Crippen molar-refractivity contribution in [3.8, 4) is 0 Å². The first-order valence-electron chi connectivity index (χ1n) is 7.62. The molecule has 0 saturated heterocycles. The van der Waals surface area contributed by atoms with E-state index in [-0.39, 0.29) is 5.12 Å². The van der Waals surface area contributed by atoms with Crippen LogP contribution in [-0.4, -0.2) is 10.4 Å². The highest BCUT2D eigenvalue weighted by Gasteiger charge is 2.18. The van der Waals surface area contributed by atoms with E-state index in [0.717, 1.165) is 18.4 Å². The third-order valence-corrected chi connectivity index (χ3v) is 5.00. The Hall–Kier alpha value is -0.240. The third kappa shape index (κ3) is 6.63. The van der Waals surface area contributed by atoms with Crippen LogP contribution >= 0.6 is 11.8 Å². The van der Waals surface area contributed by atoms with Crippen LogP contribution < -0.4 is 0 Å². The number of hydrogen-bond donors (Lipinski definition) is 0. The summed E-state index contributed by atoms with van der Waals surface area (Å²) in [6.45, 7) is 6.19. The standard InChI is InChI=1S/C16H28OS/c1-3-4-5-6-8-11-14(2)16(17)18-15-12-9-7-10-13-15/h15H,2-13H2,1H3. The zero-order valence-corrected chi connectivity index (χ0v) is 12.7. The minimum Gasteiger partial charge on any atom is -0.282 e. The van der Waals surface area contributed by atoms with E-state index in [4.69, 9.17) is 0 Å². The van der Waals surface area contributed by atoms with Gasteiger partial charge in [-0.05, 0) is 31.3 Å². The maximum atomic E-state index is 12.0. The van der Waals surface area contributed by atoms with Gasteiger partial charge in [0.1, 0.15) is 0 Å². The second kappa shape index (κ2) is 9.66. The van der Waals surface area contributed by atoms with Gasteiger partial charge in [-0.3, -0.25) is 4.79 Å². The Bertz CT molecular complexity index is 254. The van der Waals surface area contributed by atoms with E-state index in [1.54, 1.807) is 11.8 Å². The molecule has 0 amide bonds. The van der Waals surface area contributed by atoms with Crippen LogP contribution in [0.25, 0.3) is 0 Å². The third-order valence-electron chi connectivity index (χ3n) is 3.70. The van der Waals surface area contributed by atoms with Crippen molar-refractivity contribution in [2.45, 2.75) is 82.8 Å². The number of carbonyl (C=O) groups is 1. The fourth-order valence-corrected chi connectivity index (χ4v) is 3.60. The number of rotatable bonds is 8. The Kier molecular flexibility index (Phi) is 8.49. The highest BCUT2D eigenvalue weighted by atomic mass is 32.2. The molecule has 0 atom stereocenters. The molecule has 0 aromatic heterocycles. The van der Waals surface area contributed by atoms with Crippen LogP contribution in [0.1, 0.15) is 77.6 Å². The molecule has 0 radical (unpaired) electrons. The molecule has 1 fully saturated rings. The first-order chi connectivity index (χ1) is 8.74. The molecule has 1 saturated carbocycles. The first-order valence-corrected chi connectivity index (χ1v) is 8.50. The molecule has 0 aromatic carbocycles. The molecule has 104 valence electrons. The van der Waals surface area contributed by atoms with Gasteiger partial charge < -0.3 is 0 Å². The molecule has 0 heterocycles. The Morgan fingerprint density at radius 2 is 1.78 bits per heavy atom. The van der Waals surface area contributed by atoms with Crippen molar-refractivity contribution in [3.63, 3.8) is 0 Å². The van der Waals surface area contributed by atoms with Crippen LogP contribution in [-0.2, 0) is 4.79 Å². The zero-order valence-electron chi connectivity index (χ0n) is 11.9. The predicted molar refractivity (Wildman–Crippen MR) is 82.0 cm³/mol. The molecule has 2 heteroatoms. The van der Waals surface area contributed by atoms with Crippen LogP contribution in [0.3, 0.4) is 0 Å². The fraction of sp³-hybridized carbons (Fsp3) is 0.812. The van der Waals surface area contributed by atoms with Gasteiger partial charge in [-0.2, -0.15) is 0 Å². The average molecular weight is 268 g/mol. The lowest BCUT2D eigenvalue weighted by Crippen LogP contribution is -2.12. The van der Waals surface area contributed by atoms with Crippen molar-refractivity contribution in [2.75, 3.05) is 0 Å². The van der Waals surface area contributed by atoms with Crippen LogP contribution in [0.5, 0.6) is 0 Å². The van der Waals surface area contributed by atoms with Crippen LogP contribution in [0.15, 0.2) is 12.2 Å². The Labute approximate surface area is 117 Å². The van der Waals surface area contributed by atoms with E-state index in [1.165, 1.54) is 57.8 Å². The summed E-state index contributed by atoms with van der Waals surface area (Å²) < 4.78 is 0. The van der Waals surface area contributed by atoms with E-state index < -0.39 is 0 Å². The molecule has 0 N–H and O–H groups in total. The van der Waals surface area contributed by atoms with Gasteiger partial charge in [0.2, 0.25) is 5.12 Å². The second-order valence-corrected chi connectivity index (χ2v) is 6.71. The van der Waals surface area contributed by atoms with Crippen molar-refractivity contribution in [1.82, 2.24) is 0 Å². The summed E-state index contributed by atoms with van der Waals surface area (Å²) in [5.74, 6) is 0. The van der Waals surface area contributed by atoms with Gasteiger partial charge in [-0.1, -0.05) is 70.2 Å². The fourth-order valence-electron chi connectivity index (χ4n) is 2.46. The normalized spacial score (nSPS) is 16.7. The molecule has 1 aliphatic carbocycles. The Balaban J connectivity index is 2.10. The number of thioether (sulfide) groups is 1. The topological polar surface area (TPSA) is 17.1 Å². The van der Waals surface area contributed by atoms with E-state index in [1.807, 2.05) is 0 Å². The molecule has 1 nitrogen and oxygen atoms in total. The summed E-state index contributed by atoms with van der Waals surface area (Å²) >= 11 is 1.56. The first kappa shape index (κ1) is 15.8. The van der Waals surface area contributed by atoms with E-state index >= 15 is 0 Å². The minimum atomic E-state index is 0.261. The van der Waals surface area contributed by atoms with Crippen molar-refractivity contribution < 1.29 is 4.79 Å². The highest BCUT2D eigenvalue weighted by Crippen LogP contribution is 2.30. The van der Waals surface area contributed by atoms with E-state index in [9.17, 15) is 4.79 Å². The minimum absolute atomic E-state index is 0.261. The molecule has 1 aliphatic rings. The molecular weight excluding hydrogens is 240 g/mol. The van der Waals surface area contributed by atoms with Crippen molar-refractivity contribution >= 4 is 16.9 Å². The molecule has 0 bridgehead atoms. The monoisotopic (exact) mass is 268 g/mol. The molecule has 0 spiro atoms. The molecule has 1 rings (SSSR count). The summed E-state index contributed by atoms with van der Waals surface area (Å²) in [6, 6.07) is 0. The largest absolute Gasteiger partial charge is 0.282 e. The molecule has 0 unspecified atom stereocenters. The van der Waals surface area contributed by atoms with Gasteiger partial charge in [0.25, 0.3) is 0 Å². The predicted octanol–water partition coefficient (Wildman–Crippen LogP) is 5.50. The number of carbonyl (C=O) groups excluding carboxylic acids is 1. The quantitative estimate of drug-likeness (QED) is 0.427. The van der Waals surface area contributed by atoms with Gasteiger partial charge in [-0.15, -0.1) is 0 Å². The van der Waals surface area contributed by atoms with Crippen molar-refractivity contribution in [3.05, 3.63) is 12.2 Å². The van der Waals surface area contributed by atoms with Crippen LogP contribution in [0.4, 0.5) is 0 Å². The maximum absolute atomic E-state index is 12.0. The number of unbranched alkanes of at least 4 members (excludes halogenated alkanes) is 4. The van der Waals surface area contributed by atoms with Gasteiger partial charge in [0, 0.05) is 5.25 Å². The average Bonchev–Trinajstić information content (AvgIpc) is 2.39. The van der Waals surface area contributed by atoms with Crippen molar-refractivity contribution in [1.29, 1.82) is 0 Å².